The molecule has 15 heavy (non-hydrogen) atoms. The molecular weight excluding hydrogens is 218 g/mol. The van der Waals surface area contributed by atoms with E-state index in [4.69, 9.17) is 26.6 Å². The van der Waals surface area contributed by atoms with Crippen LogP contribution in [0.15, 0.2) is 23.0 Å². The minimum absolute atomic E-state index is 0.353. The number of anilines is 1. The molecule has 6 heteroatoms. The maximum Gasteiger partial charge on any atom is 0.225 e. The van der Waals surface area contributed by atoms with Gasteiger partial charge in [0.15, 0.2) is 5.76 Å². The van der Waals surface area contributed by atoms with Crippen LogP contribution in [-0.4, -0.2) is 17.3 Å². The van der Waals surface area contributed by atoms with E-state index >= 15 is 0 Å². The molecule has 2 heterocycles. The number of nitrogens with zero attached hydrogens (tertiary/aromatic N) is 2. The first-order valence-electron chi connectivity index (χ1n) is 4.13. The van der Waals surface area contributed by atoms with Crippen molar-refractivity contribution in [1.29, 1.82) is 0 Å². The molecule has 2 N–H and O–H groups in total. The van der Waals surface area contributed by atoms with Crippen molar-refractivity contribution < 1.29 is 9.26 Å². The number of pyridine rings is 1. The van der Waals surface area contributed by atoms with E-state index in [1.165, 1.54) is 19.5 Å². The van der Waals surface area contributed by atoms with Gasteiger partial charge in [0.2, 0.25) is 5.88 Å². The van der Waals surface area contributed by atoms with Crippen LogP contribution >= 0.6 is 11.6 Å². The Morgan fingerprint density at radius 3 is 2.93 bits per heavy atom. The summed E-state index contributed by atoms with van der Waals surface area (Å²) in [7, 11) is 1.49. The van der Waals surface area contributed by atoms with E-state index in [0.29, 0.717) is 27.9 Å². The normalized spacial score (nSPS) is 10.3. The Kier molecular flexibility index (Phi) is 2.47. The zero-order valence-corrected chi connectivity index (χ0v) is 8.65. The highest BCUT2D eigenvalue weighted by Gasteiger charge is 2.18. The summed E-state index contributed by atoms with van der Waals surface area (Å²) in [5.41, 5.74) is 6.57. The van der Waals surface area contributed by atoms with Crippen LogP contribution in [0.5, 0.6) is 5.88 Å². The SMILES string of the molecule is COc1nccc(Cl)c1-c1oncc1N. The zero-order chi connectivity index (χ0) is 10.8. The molecule has 0 bridgehead atoms. The van der Waals surface area contributed by atoms with Crippen molar-refractivity contribution in [2.45, 2.75) is 0 Å². The van der Waals surface area contributed by atoms with E-state index < -0.39 is 0 Å². The molecule has 0 unspecified atom stereocenters. The predicted octanol–water partition coefficient (Wildman–Crippen LogP) is 1.98. The molecule has 0 aliphatic rings. The first kappa shape index (κ1) is 9.79. The fourth-order valence-electron chi connectivity index (χ4n) is 1.22. The van der Waals surface area contributed by atoms with Crippen molar-refractivity contribution in [2.75, 3.05) is 12.8 Å². The molecule has 0 radical (unpaired) electrons. The molecule has 5 nitrogen and oxygen atoms in total. The Hall–Kier alpha value is -1.75. The molecule has 0 atom stereocenters. The zero-order valence-electron chi connectivity index (χ0n) is 7.90. The summed E-state index contributed by atoms with van der Waals surface area (Å²) in [5.74, 6) is 0.718. The number of halogens is 1. The Morgan fingerprint density at radius 2 is 2.33 bits per heavy atom. The van der Waals surface area contributed by atoms with Gasteiger partial charge >= 0.3 is 0 Å². The third-order valence-electron chi connectivity index (χ3n) is 1.88. The molecular formula is C9H8ClN3O2. The van der Waals surface area contributed by atoms with Gasteiger partial charge in [0, 0.05) is 6.20 Å². The van der Waals surface area contributed by atoms with Crippen LogP contribution in [0.4, 0.5) is 5.69 Å². The second-order valence-corrected chi connectivity index (χ2v) is 3.19. The number of rotatable bonds is 2. The fourth-order valence-corrected chi connectivity index (χ4v) is 1.44. The predicted molar refractivity (Wildman–Crippen MR) is 55.7 cm³/mol. The second kappa shape index (κ2) is 3.78. The minimum atomic E-state index is 0.353. The van der Waals surface area contributed by atoms with Crippen LogP contribution in [0.25, 0.3) is 11.3 Å². The summed E-state index contributed by atoms with van der Waals surface area (Å²) < 4.78 is 10.1. The Balaban J connectivity index is 2.66. The van der Waals surface area contributed by atoms with Gasteiger partial charge in [-0.05, 0) is 6.07 Å². The lowest BCUT2D eigenvalue weighted by Crippen LogP contribution is -1.93. The molecule has 0 aliphatic carbocycles. The van der Waals surface area contributed by atoms with Crippen molar-refractivity contribution in [3.05, 3.63) is 23.5 Å². The van der Waals surface area contributed by atoms with Gasteiger partial charge in [0.25, 0.3) is 0 Å². The Morgan fingerprint density at radius 1 is 1.53 bits per heavy atom. The van der Waals surface area contributed by atoms with E-state index in [0.717, 1.165) is 0 Å². The average Bonchev–Trinajstić information content (AvgIpc) is 2.64. The molecule has 78 valence electrons. The summed E-state index contributed by atoms with van der Waals surface area (Å²) in [5, 5.41) is 4.02. The third-order valence-corrected chi connectivity index (χ3v) is 2.20. The first-order chi connectivity index (χ1) is 7.24. The molecule has 0 saturated heterocycles. The smallest absolute Gasteiger partial charge is 0.225 e. The van der Waals surface area contributed by atoms with Gasteiger partial charge in [-0.25, -0.2) is 4.98 Å². The topological polar surface area (TPSA) is 74.2 Å². The van der Waals surface area contributed by atoms with E-state index in [-0.39, 0.29) is 0 Å². The lowest BCUT2D eigenvalue weighted by molar-refractivity contribution is 0.392. The molecule has 2 aromatic rings. The molecule has 2 aromatic heterocycles. The maximum atomic E-state index is 6.01. The van der Waals surface area contributed by atoms with Gasteiger partial charge in [0.05, 0.1) is 18.3 Å². The van der Waals surface area contributed by atoms with Crippen molar-refractivity contribution in [2.24, 2.45) is 0 Å². The number of aromatic nitrogens is 2. The number of methoxy groups -OCH3 is 1. The minimum Gasteiger partial charge on any atom is -0.480 e. The van der Waals surface area contributed by atoms with Crippen molar-refractivity contribution >= 4 is 17.3 Å². The monoisotopic (exact) mass is 225 g/mol. The van der Waals surface area contributed by atoms with Crippen LogP contribution in [0.2, 0.25) is 5.02 Å². The molecule has 0 spiro atoms. The van der Waals surface area contributed by atoms with Crippen LogP contribution in [0.1, 0.15) is 0 Å². The standard InChI is InChI=1S/C9H8ClN3O2/c1-14-9-7(5(10)2-3-12-9)8-6(11)4-13-15-8/h2-4H,11H2,1H3. The highest BCUT2D eigenvalue weighted by atomic mass is 35.5. The van der Waals surface area contributed by atoms with Crippen molar-refractivity contribution in [1.82, 2.24) is 10.1 Å². The number of ether oxygens (including phenoxy) is 1. The van der Waals surface area contributed by atoms with E-state index in [2.05, 4.69) is 10.1 Å². The second-order valence-electron chi connectivity index (χ2n) is 2.79. The number of nitrogen functional groups attached to an aromatic ring is 1. The fraction of sp³-hybridized carbons (Fsp3) is 0.111. The van der Waals surface area contributed by atoms with Crippen molar-refractivity contribution in [3.63, 3.8) is 0 Å². The van der Waals surface area contributed by atoms with E-state index in [1.807, 2.05) is 0 Å². The molecule has 0 amide bonds. The first-order valence-corrected chi connectivity index (χ1v) is 4.51. The number of nitrogens with two attached hydrogens (primary N) is 1. The number of hydrogen-bond donors (Lipinski definition) is 1. The summed E-state index contributed by atoms with van der Waals surface area (Å²) in [4.78, 5) is 4.01. The van der Waals surface area contributed by atoms with Gasteiger partial charge in [-0.3, -0.25) is 0 Å². The third kappa shape index (κ3) is 1.61. The van der Waals surface area contributed by atoms with E-state index in [9.17, 15) is 0 Å². The van der Waals surface area contributed by atoms with Gasteiger partial charge < -0.3 is 15.0 Å². The van der Waals surface area contributed by atoms with Crippen molar-refractivity contribution in [3.8, 4) is 17.2 Å². The number of hydrogen-bond acceptors (Lipinski definition) is 5. The van der Waals surface area contributed by atoms with Gasteiger partial charge in [-0.2, -0.15) is 0 Å². The van der Waals surface area contributed by atoms with Crippen LogP contribution < -0.4 is 10.5 Å². The van der Waals surface area contributed by atoms with Crippen LogP contribution in [0, 0.1) is 0 Å². The molecule has 2 rings (SSSR count). The highest BCUT2D eigenvalue weighted by molar-refractivity contribution is 6.33. The molecule has 0 fully saturated rings. The maximum absolute atomic E-state index is 6.01. The quantitative estimate of drug-likeness (QED) is 0.846. The lowest BCUT2D eigenvalue weighted by atomic mass is 10.2. The lowest BCUT2D eigenvalue weighted by Gasteiger charge is -2.06. The Labute approximate surface area is 90.8 Å². The molecule has 0 aromatic carbocycles. The van der Waals surface area contributed by atoms with Gasteiger partial charge in [-0.1, -0.05) is 16.8 Å². The summed E-state index contributed by atoms with van der Waals surface area (Å²) in [6, 6.07) is 1.63. The van der Waals surface area contributed by atoms with Crippen LogP contribution in [0.3, 0.4) is 0 Å². The summed E-state index contributed by atoms with van der Waals surface area (Å²) >= 11 is 6.01. The Bertz CT molecular complexity index is 484. The summed E-state index contributed by atoms with van der Waals surface area (Å²) in [6.07, 6.45) is 2.94. The molecule has 0 aliphatic heterocycles. The molecule has 0 saturated carbocycles. The highest BCUT2D eigenvalue weighted by Crippen LogP contribution is 2.37. The van der Waals surface area contributed by atoms with Crippen LogP contribution in [-0.2, 0) is 0 Å². The van der Waals surface area contributed by atoms with Gasteiger partial charge in [0.1, 0.15) is 11.3 Å². The largest absolute Gasteiger partial charge is 0.480 e. The summed E-state index contributed by atoms with van der Waals surface area (Å²) in [6.45, 7) is 0. The average molecular weight is 226 g/mol. The van der Waals surface area contributed by atoms with Gasteiger partial charge in [-0.15, -0.1) is 0 Å². The van der Waals surface area contributed by atoms with E-state index in [1.54, 1.807) is 6.07 Å².